The fraction of sp³-hybridized carbons (Fsp3) is 0.400. The minimum Gasteiger partial charge on any atom is -0.236 e. The van der Waals surface area contributed by atoms with Crippen molar-refractivity contribution < 1.29 is 4.57 Å². The maximum atomic E-state index is 5.07. The largest absolute Gasteiger partial charge is 0.374 e. The molecule has 1 heterocycles. The molecular weight excluding hydrogens is 151 g/mol. The molecule has 0 spiro atoms. The Morgan fingerprint density at radius 3 is 2.56 bits per heavy atom. The van der Waals surface area contributed by atoms with E-state index in [1.54, 1.807) is 0 Å². The normalized spacial score (nSPS) is 11.6. The second-order valence-electron chi connectivity index (χ2n) is 1.92. The molecule has 1 rings (SSSR count). The van der Waals surface area contributed by atoms with Gasteiger partial charge in [0, 0.05) is 0 Å². The molecule has 0 fully saturated rings. The molecule has 2 nitrogen and oxygen atoms in total. The molecule has 0 bridgehead atoms. The lowest BCUT2D eigenvalue weighted by atomic mass is 10.9. The highest BCUT2D eigenvalue weighted by molar-refractivity contribution is 8.04. The number of aromatic nitrogens is 2. The van der Waals surface area contributed by atoms with Gasteiger partial charge in [-0.3, -0.25) is 0 Å². The second kappa shape index (κ2) is 2.54. The number of hydrogen-bond donors (Lipinski definition) is 0. The van der Waals surface area contributed by atoms with E-state index >= 15 is 0 Å². The van der Waals surface area contributed by atoms with E-state index in [9.17, 15) is 0 Å². The molecule has 0 saturated carbocycles. The van der Waals surface area contributed by atoms with E-state index < -0.39 is 6.85 Å². The summed E-state index contributed by atoms with van der Waals surface area (Å²) in [6.45, 7) is 1.65. The first-order valence-corrected chi connectivity index (χ1v) is 5.40. The molecule has 0 aromatic carbocycles. The third-order valence-electron chi connectivity index (χ3n) is 1.08. The van der Waals surface area contributed by atoms with E-state index in [2.05, 4.69) is 0 Å². The predicted molar refractivity (Wildman–Crippen MR) is 41.2 cm³/mol. The highest BCUT2D eigenvalue weighted by Gasteiger charge is 2.10. The lowest BCUT2D eigenvalue weighted by Gasteiger charge is -1.71. The Hall–Kier alpha value is -0.270. The molecule has 0 N–H and O–H groups in total. The van der Waals surface area contributed by atoms with Gasteiger partial charge in [0.05, 0.1) is 7.05 Å². The van der Waals surface area contributed by atoms with Gasteiger partial charge in [-0.1, -0.05) is 0 Å². The van der Waals surface area contributed by atoms with Crippen molar-refractivity contribution in [3.05, 3.63) is 18.7 Å². The molecule has 1 atom stereocenters. The van der Waals surface area contributed by atoms with Crippen molar-refractivity contribution in [3.63, 3.8) is 0 Å². The zero-order valence-electron chi connectivity index (χ0n) is 5.48. The van der Waals surface area contributed by atoms with E-state index in [0.717, 1.165) is 0 Å². The molecule has 1 aromatic heterocycles. The lowest BCUT2D eigenvalue weighted by Crippen LogP contribution is -2.23. The van der Waals surface area contributed by atoms with Crippen LogP contribution < -0.4 is 4.57 Å². The van der Waals surface area contributed by atoms with Gasteiger partial charge in [0.1, 0.15) is 12.9 Å². The number of imidazole rings is 1. The number of rotatable bonds is 1. The van der Waals surface area contributed by atoms with Crippen LogP contribution in [0.3, 0.4) is 0 Å². The van der Waals surface area contributed by atoms with Crippen LogP contribution in [-0.4, -0.2) is 11.0 Å². The Morgan fingerprint density at radius 1 is 1.67 bits per heavy atom. The Bertz CT molecular complexity index is 231. The number of aryl methyl sites for hydroxylation is 1. The van der Waals surface area contributed by atoms with Gasteiger partial charge in [-0.05, 0) is 4.34 Å². The molecule has 0 aliphatic rings. The molecule has 0 radical (unpaired) electrons. The lowest BCUT2D eigenvalue weighted by molar-refractivity contribution is -0.670. The summed E-state index contributed by atoms with van der Waals surface area (Å²) in [5.74, 6) is 0. The van der Waals surface area contributed by atoms with Crippen molar-refractivity contribution in [2.45, 2.75) is 0 Å². The summed E-state index contributed by atoms with van der Waals surface area (Å²) in [7, 11) is 1.99. The molecular formula is C5H9N2PS+2. The average molecular weight is 160 g/mol. The molecule has 0 saturated heterocycles. The monoisotopic (exact) mass is 160 g/mol. The standard InChI is InChI=1S/C5H9N2PS/c1-6-3-4-7(5-6)8(2)9/h3-5H,1-2H3/q+2. The van der Waals surface area contributed by atoms with Crippen molar-refractivity contribution in [2.75, 3.05) is 6.66 Å². The van der Waals surface area contributed by atoms with Crippen LogP contribution in [0.5, 0.6) is 0 Å². The molecule has 0 aliphatic heterocycles. The minimum atomic E-state index is -0.396. The van der Waals surface area contributed by atoms with Crippen molar-refractivity contribution in [3.8, 4) is 0 Å². The first-order valence-electron chi connectivity index (χ1n) is 2.64. The fourth-order valence-electron chi connectivity index (χ4n) is 0.604. The van der Waals surface area contributed by atoms with Gasteiger partial charge in [0.2, 0.25) is 11.8 Å². The van der Waals surface area contributed by atoms with Crippen LogP contribution in [0.15, 0.2) is 18.7 Å². The highest BCUT2D eigenvalue weighted by atomic mass is 32.4. The maximum absolute atomic E-state index is 5.07. The quantitative estimate of drug-likeness (QED) is 0.433. The Balaban J connectivity index is 2.98. The Labute approximate surface area is 60.6 Å². The second-order valence-corrected chi connectivity index (χ2v) is 4.90. The molecule has 9 heavy (non-hydrogen) atoms. The van der Waals surface area contributed by atoms with E-state index in [1.165, 1.54) is 0 Å². The fourth-order valence-corrected chi connectivity index (χ4v) is 1.45. The number of nitrogens with zero attached hydrogens (tertiary/aromatic N) is 2. The van der Waals surface area contributed by atoms with Gasteiger partial charge in [-0.15, -0.1) is 0 Å². The summed E-state index contributed by atoms with van der Waals surface area (Å²) in [6, 6.07) is 0. The van der Waals surface area contributed by atoms with Gasteiger partial charge in [-0.2, -0.15) is 0 Å². The van der Waals surface area contributed by atoms with Gasteiger partial charge in [0.25, 0.3) is 6.33 Å². The van der Waals surface area contributed by atoms with Crippen LogP contribution in [0, 0.1) is 0 Å². The summed E-state index contributed by atoms with van der Waals surface area (Å²) < 4.78 is 4.04. The van der Waals surface area contributed by atoms with Crippen LogP contribution in [-0.2, 0) is 18.9 Å². The van der Waals surface area contributed by atoms with Gasteiger partial charge in [-0.25, -0.2) is 4.57 Å². The van der Waals surface area contributed by atoms with Crippen LogP contribution >= 0.6 is 6.85 Å². The third-order valence-corrected chi connectivity index (χ3v) is 2.53. The van der Waals surface area contributed by atoms with Crippen molar-refractivity contribution in [1.82, 2.24) is 4.34 Å². The van der Waals surface area contributed by atoms with Crippen molar-refractivity contribution >= 4 is 18.7 Å². The molecule has 0 amide bonds. The molecule has 4 heteroatoms. The highest BCUT2D eigenvalue weighted by Crippen LogP contribution is 2.15. The summed E-state index contributed by atoms with van der Waals surface area (Å²) in [4.78, 5) is 0. The van der Waals surface area contributed by atoms with Crippen LogP contribution in [0.4, 0.5) is 0 Å². The third kappa shape index (κ3) is 1.57. The molecule has 48 valence electrons. The van der Waals surface area contributed by atoms with Crippen LogP contribution in [0.1, 0.15) is 0 Å². The first kappa shape index (κ1) is 6.84. The van der Waals surface area contributed by atoms with Crippen molar-refractivity contribution in [2.24, 2.45) is 7.05 Å². The van der Waals surface area contributed by atoms with Gasteiger partial charge >= 0.3 is 6.85 Å². The predicted octanol–water partition coefficient (Wildman–Crippen LogP) is 0.649. The number of hydrogen-bond acceptors (Lipinski definition) is 1. The smallest absolute Gasteiger partial charge is 0.236 e. The van der Waals surface area contributed by atoms with Gasteiger partial charge < -0.3 is 0 Å². The zero-order chi connectivity index (χ0) is 6.85. The average Bonchev–Trinajstić information content (AvgIpc) is 2.14. The first-order chi connectivity index (χ1) is 4.20. The molecule has 1 aromatic rings. The summed E-state index contributed by atoms with van der Waals surface area (Å²) in [5, 5.41) is 0. The zero-order valence-corrected chi connectivity index (χ0v) is 7.19. The maximum Gasteiger partial charge on any atom is 0.374 e. The molecule has 0 aliphatic carbocycles. The van der Waals surface area contributed by atoms with Crippen LogP contribution in [0.2, 0.25) is 0 Å². The van der Waals surface area contributed by atoms with E-state index in [4.69, 9.17) is 11.8 Å². The topological polar surface area (TPSA) is 8.81 Å². The van der Waals surface area contributed by atoms with Crippen LogP contribution in [0.25, 0.3) is 0 Å². The Kier molecular flexibility index (Phi) is 1.94. The summed E-state index contributed by atoms with van der Waals surface area (Å²) >= 11 is 5.07. The van der Waals surface area contributed by atoms with Gasteiger partial charge in [0.15, 0.2) is 6.20 Å². The summed E-state index contributed by atoms with van der Waals surface area (Å²) in [5.41, 5.74) is 0. The van der Waals surface area contributed by atoms with Crippen molar-refractivity contribution in [1.29, 1.82) is 0 Å². The minimum absolute atomic E-state index is 0.396. The Morgan fingerprint density at radius 2 is 2.33 bits per heavy atom. The summed E-state index contributed by atoms with van der Waals surface area (Å²) in [6.07, 6.45) is 5.99. The van der Waals surface area contributed by atoms with E-state index in [1.807, 2.05) is 41.3 Å². The SMILES string of the molecule is C[n+]1ccn([P+](C)=S)c1. The molecule has 1 unspecified atom stereocenters. The van der Waals surface area contributed by atoms with E-state index in [0.29, 0.717) is 0 Å². The van der Waals surface area contributed by atoms with E-state index in [-0.39, 0.29) is 0 Å².